The van der Waals surface area contributed by atoms with E-state index < -0.39 is 0 Å². The Morgan fingerprint density at radius 3 is 2.25 bits per heavy atom. The van der Waals surface area contributed by atoms with Crippen molar-refractivity contribution in [2.24, 2.45) is 16.7 Å². The van der Waals surface area contributed by atoms with Crippen LogP contribution in [-0.4, -0.2) is 24.4 Å². The zero-order valence-corrected chi connectivity index (χ0v) is 10.4. The summed E-state index contributed by atoms with van der Waals surface area (Å²) in [7, 11) is 0. The van der Waals surface area contributed by atoms with E-state index in [1.54, 1.807) is 0 Å². The summed E-state index contributed by atoms with van der Waals surface area (Å²) in [5.74, 6) is -0.184. The van der Waals surface area contributed by atoms with Gasteiger partial charge in [-0.15, -0.1) is 0 Å². The molecule has 2 fully saturated rings. The van der Waals surface area contributed by atoms with Gasteiger partial charge in [0, 0.05) is 19.0 Å². The summed E-state index contributed by atoms with van der Waals surface area (Å²) in [6.07, 6.45) is 0.333. The molecule has 2 amide bonds. The van der Waals surface area contributed by atoms with Gasteiger partial charge in [0.05, 0.1) is 5.92 Å². The second-order valence-corrected chi connectivity index (χ2v) is 6.09. The van der Waals surface area contributed by atoms with Crippen LogP contribution < -0.4 is 10.6 Å². The molecule has 1 atom stereocenters. The van der Waals surface area contributed by atoms with E-state index in [2.05, 4.69) is 38.3 Å². The van der Waals surface area contributed by atoms with Crippen molar-refractivity contribution in [3.8, 4) is 0 Å². The van der Waals surface area contributed by atoms with Gasteiger partial charge in [-0.3, -0.25) is 9.59 Å². The fourth-order valence-electron chi connectivity index (χ4n) is 2.61. The fourth-order valence-corrected chi connectivity index (χ4v) is 2.61. The first kappa shape index (κ1) is 11.4. The van der Waals surface area contributed by atoms with E-state index in [1.165, 1.54) is 0 Å². The van der Waals surface area contributed by atoms with Crippen molar-refractivity contribution < 1.29 is 9.59 Å². The lowest BCUT2D eigenvalue weighted by molar-refractivity contribution is -0.126. The summed E-state index contributed by atoms with van der Waals surface area (Å²) in [4.78, 5) is 22.9. The van der Waals surface area contributed by atoms with Crippen LogP contribution in [0.4, 0.5) is 0 Å². The molecule has 1 saturated heterocycles. The first-order chi connectivity index (χ1) is 7.26. The predicted octanol–water partition coefficient (Wildman–Crippen LogP) is 0.673. The summed E-state index contributed by atoms with van der Waals surface area (Å²) in [6.45, 7) is 9.14. The van der Waals surface area contributed by atoms with Gasteiger partial charge in [-0.05, 0) is 10.8 Å². The fraction of sp³-hybridized carbons (Fsp3) is 0.833. The van der Waals surface area contributed by atoms with Crippen LogP contribution in [0.2, 0.25) is 0 Å². The highest BCUT2D eigenvalue weighted by Crippen LogP contribution is 2.62. The van der Waals surface area contributed by atoms with Crippen molar-refractivity contribution in [3.63, 3.8) is 0 Å². The zero-order chi connectivity index (χ0) is 12.1. The molecular formula is C12H20N2O2. The largest absolute Gasteiger partial charge is 0.355 e. The van der Waals surface area contributed by atoms with Crippen molar-refractivity contribution in [1.82, 2.24) is 10.6 Å². The SMILES string of the molecule is CC1(C)C(NC(=O)C2CNC(=O)C2)C1(C)C. The monoisotopic (exact) mass is 224 g/mol. The van der Waals surface area contributed by atoms with Crippen molar-refractivity contribution in [2.75, 3.05) is 6.54 Å². The highest BCUT2D eigenvalue weighted by atomic mass is 16.2. The van der Waals surface area contributed by atoms with Crippen LogP contribution in [0.5, 0.6) is 0 Å². The molecule has 90 valence electrons. The molecule has 2 aliphatic rings. The van der Waals surface area contributed by atoms with Gasteiger partial charge in [-0.2, -0.15) is 0 Å². The quantitative estimate of drug-likeness (QED) is 0.724. The summed E-state index contributed by atoms with van der Waals surface area (Å²) < 4.78 is 0. The number of carbonyl (C=O) groups is 2. The minimum atomic E-state index is -0.181. The van der Waals surface area contributed by atoms with Crippen LogP contribution in [0, 0.1) is 16.7 Å². The lowest BCUT2D eigenvalue weighted by Gasteiger charge is -2.10. The molecule has 1 heterocycles. The molecule has 0 aromatic rings. The van der Waals surface area contributed by atoms with Gasteiger partial charge in [0.25, 0.3) is 0 Å². The third kappa shape index (κ3) is 1.51. The van der Waals surface area contributed by atoms with Gasteiger partial charge >= 0.3 is 0 Å². The first-order valence-electron chi connectivity index (χ1n) is 5.84. The third-order valence-electron chi connectivity index (χ3n) is 4.66. The zero-order valence-electron chi connectivity index (χ0n) is 10.4. The van der Waals surface area contributed by atoms with Gasteiger partial charge < -0.3 is 10.6 Å². The van der Waals surface area contributed by atoms with Gasteiger partial charge in [0.15, 0.2) is 0 Å². The Morgan fingerprint density at radius 2 is 1.88 bits per heavy atom. The molecule has 2 N–H and O–H groups in total. The van der Waals surface area contributed by atoms with Crippen molar-refractivity contribution in [2.45, 2.75) is 40.2 Å². The molecule has 4 heteroatoms. The molecule has 1 saturated carbocycles. The lowest BCUT2D eigenvalue weighted by Crippen LogP contribution is -2.36. The molecule has 16 heavy (non-hydrogen) atoms. The summed E-state index contributed by atoms with van der Waals surface area (Å²) in [5, 5.41) is 5.75. The van der Waals surface area contributed by atoms with Gasteiger partial charge in [0.1, 0.15) is 0 Å². The third-order valence-corrected chi connectivity index (χ3v) is 4.66. The molecule has 0 radical (unpaired) electrons. The molecule has 1 aliphatic heterocycles. The van der Waals surface area contributed by atoms with E-state index in [1.807, 2.05) is 0 Å². The number of hydrogen-bond acceptors (Lipinski definition) is 2. The maximum atomic E-state index is 11.9. The van der Waals surface area contributed by atoms with E-state index in [-0.39, 0.29) is 34.6 Å². The smallest absolute Gasteiger partial charge is 0.225 e. The van der Waals surface area contributed by atoms with E-state index in [0.29, 0.717) is 13.0 Å². The minimum absolute atomic E-state index is 0.0157. The van der Waals surface area contributed by atoms with Crippen LogP contribution in [0.1, 0.15) is 34.1 Å². The first-order valence-corrected chi connectivity index (χ1v) is 5.84. The van der Waals surface area contributed by atoms with Gasteiger partial charge in [0.2, 0.25) is 11.8 Å². The molecular weight excluding hydrogens is 204 g/mol. The Bertz CT molecular complexity index is 333. The van der Waals surface area contributed by atoms with Crippen LogP contribution in [-0.2, 0) is 9.59 Å². The Hall–Kier alpha value is -1.06. The number of nitrogens with one attached hydrogen (secondary N) is 2. The van der Waals surface area contributed by atoms with Gasteiger partial charge in [-0.25, -0.2) is 0 Å². The molecule has 2 rings (SSSR count). The lowest BCUT2D eigenvalue weighted by atomic mass is 10.0. The van der Waals surface area contributed by atoms with Crippen LogP contribution in [0.15, 0.2) is 0 Å². The van der Waals surface area contributed by atoms with Crippen LogP contribution in [0.25, 0.3) is 0 Å². The maximum Gasteiger partial charge on any atom is 0.225 e. The predicted molar refractivity (Wildman–Crippen MR) is 60.6 cm³/mol. The standard InChI is InChI=1S/C12H20N2O2/c1-11(2)10(12(11,3)4)14-9(16)7-5-8(15)13-6-7/h7,10H,5-6H2,1-4H3,(H,13,15)(H,14,16). The van der Waals surface area contributed by atoms with Crippen molar-refractivity contribution >= 4 is 11.8 Å². The average Bonchev–Trinajstić information content (AvgIpc) is 2.58. The number of rotatable bonds is 2. The molecule has 0 aromatic carbocycles. The van der Waals surface area contributed by atoms with Crippen molar-refractivity contribution in [3.05, 3.63) is 0 Å². The van der Waals surface area contributed by atoms with E-state index in [0.717, 1.165) is 0 Å². The Balaban J connectivity index is 1.93. The Labute approximate surface area is 96.2 Å². The van der Waals surface area contributed by atoms with Crippen molar-refractivity contribution in [1.29, 1.82) is 0 Å². The summed E-state index contributed by atoms with van der Waals surface area (Å²) in [6, 6.07) is 0.225. The summed E-state index contributed by atoms with van der Waals surface area (Å²) >= 11 is 0. The second kappa shape index (κ2) is 3.22. The number of carbonyl (C=O) groups excluding carboxylic acids is 2. The van der Waals surface area contributed by atoms with E-state index in [9.17, 15) is 9.59 Å². The number of hydrogen-bond donors (Lipinski definition) is 2. The van der Waals surface area contributed by atoms with Gasteiger partial charge in [-0.1, -0.05) is 27.7 Å². The molecule has 1 aliphatic carbocycles. The maximum absolute atomic E-state index is 11.9. The Kier molecular flexibility index (Phi) is 2.30. The highest BCUT2D eigenvalue weighted by molar-refractivity contribution is 5.89. The normalized spacial score (nSPS) is 31.0. The average molecular weight is 224 g/mol. The topological polar surface area (TPSA) is 58.2 Å². The molecule has 1 unspecified atom stereocenters. The molecule has 4 nitrogen and oxygen atoms in total. The molecule has 0 spiro atoms. The molecule has 0 aromatic heterocycles. The molecule has 0 bridgehead atoms. The van der Waals surface area contributed by atoms with E-state index in [4.69, 9.17) is 0 Å². The highest BCUT2D eigenvalue weighted by Gasteiger charge is 2.65. The summed E-state index contributed by atoms with van der Waals surface area (Å²) in [5.41, 5.74) is 0.303. The van der Waals surface area contributed by atoms with Crippen LogP contribution in [0.3, 0.4) is 0 Å². The number of amides is 2. The minimum Gasteiger partial charge on any atom is -0.355 e. The van der Waals surface area contributed by atoms with Crippen LogP contribution >= 0.6 is 0 Å². The van der Waals surface area contributed by atoms with E-state index >= 15 is 0 Å². The Morgan fingerprint density at radius 1 is 1.31 bits per heavy atom. The second-order valence-electron chi connectivity index (χ2n) is 6.09.